The molecule has 0 saturated heterocycles. The van der Waals surface area contributed by atoms with Gasteiger partial charge >= 0.3 is 5.97 Å². The molecule has 0 aliphatic carbocycles. The van der Waals surface area contributed by atoms with Crippen molar-refractivity contribution in [2.24, 2.45) is 0 Å². The minimum Gasteiger partial charge on any atom is -0.480 e. The van der Waals surface area contributed by atoms with Crippen molar-refractivity contribution >= 4 is 36.1 Å². The zero-order chi connectivity index (χ0) is 15.1. The number of carbonyl (C=O) groups is 1. The van der Waals surface area contributed by atoms with Crippen molar-refractivity contribution in [2.75, 3.05) is 18.6 Å². The summed E-state index contributed by atoms with van der Waals surface area (Å²) in [6.45, 7) is 0.457. The van der Waals surface area contributed by atoms with Crippen LogP contribution in [-0.2, 0) is 4.79 Å². The molecule has 4 N–H and O–H groups in total. The Morgan fingerprint density at radius 2 is 2.00 bits per heavy atom. The van der Waals surface area contributed by atoms with Crippen molar-refractivity contribution in [1.29, 1.82) is 0 Å². The molecule has 2 heterocycles. The monoisotopic (exact) mass is 323 g/mol. The molecule has 0 spiro atoms. The topological polar surface area (TPSA) is 89.1 Å². The molecule has 1 aromatic carbocycles. The SMILES string of the molecule is CN1CNC(C(=O)O)c2ccc(-n3c(=S)[nH][nH]c3=S)cc21. The molecule has 9 heteroatoms. The highest BCUT2D eigenvalue weighted by atomic mass is 32.1. The van der Waals surface area contributed by atoms with Gasteiger partial charge in [0.15, 0.2) is 9.54 Å². The van der Waals surface area contributed by atoms with Crippen molar-refractivity contribution < 1.29 is 9.90 Å². The first-order chi connectivity index (χ1) is 9.99. The number of rotatable bonds is 2. The number of hydrogen-bond donors (Lipinski definition) is 4. The Morgan fingerprint density at radius 3 is 2.62 bits per heavy atom. The number of aliphatic carboxylic acids is 1. The van der Waals surface area contributed by atoms with Crippen molar-refractivity contribution in [2.45, 2.75) is 6.04 Å². The molecule has 1 aliphatic rings. The quantitative estimate of drug-likeness (QED) is 0.629. The Balaban J connectivity index is 2.17. The summed E-state index contributed by atoms with van der Waals surface area (Å²) in [7, 11) is 1.89. The molecule has 2 aromatic rings. The van der Waals surface area contributed by atoms with Gasteiger partial charge in [0.1, 0.15) is 6.04 Å². The third kappa shape index (κ3) is 2.28. The average Bonchev–Trinajstić information content (AvgIpc) is 2.78. The second-order valence-corrected chi connectivity index (χ2v) is 5.54. The van der Waals surface area contributed by atoms with Crippen LogP contribution in [-0.4, -0.2) is 39.6 Å². The molecule has 1 unspecified atom stereocenters. The normalized spacial score (nSPS) is 17.6. The molecule has 0 radical (unpaired) electrons. The molecule has 1 aromatic heterocycles. The fraction of sp³-hybridized carbons (Fsp3) is 0.250. The summed E-state index contributed by atoms with van der Waals surface area (Å²) in [5, 5.41) is 17.8. The highest BCUT2D eigenvalue weighted by Gasteiger charge is 2.28. The molecule has 3 rings (SSSR count). The van der Waals surface area contributed by atoms with Crippen molar-refractivity contribution in [3.05, 3.63) is 33.3 Å². The number of benzene rings is 1. The molecule has 0 saturated carbocycles. The minimum absolute atomic E-state index is 0.457. The molecular weight excluding hydrogens is 310 g/mol. The predicted molar refractivity (Wildman–Crippen MR) is 82.9 cm³/mol. The van der Waals surface area contributed by atoms with Crippen LogP contribution < -0.4 is 10.2 Å². The lowest BCUT2D eigenvalue weighted by molar-refractivity contribution is -0.139. The van der Waals surface area contributed by atoms with E-state index in [4.69, 9.17) is 24.4 Å². The number of nitrogens with one attached hydrogen (secondary N) is 3. The number of anilines is 1. The van der Waals surface area contributed by atoms with E-state index in [1.165, 1.54) is 0 Å². The van der Waals surface area contributed by atoms with E-state index < -0.39 is 12.0 Å². The van der Waals surface area contributed by atoms with Gasteiger partial charge in [0.05, 0.1) is 12.4 Å². The summed E-state index contributed by atoms with van der Waals surface area (Å²) in [5.74, 6) is -0.896. The number of H-pyrrole nitrogens is 2. The maximum absolute atomic E-state index is 11.3. The molecule has 0 fully saturated rings. The first kappa shape index (κ1) is 14.0. The van der Waals surface area contributed by atoms with Crippen molar-refractivity contribution in [1.82, 2.24) is 20.1 Å². The van der Waals surface area contributed by atoms with Crippen LogP contribution in [0.25, 0.3) is 5.69 Å². The number of hydrogen-bond acceptors (Lipinski definition) is 5. The summed E-state index contributed by atoms with van der Waals surface area (Å²) in [4.78, 5) is 13.3. The number of carboxylic acid groups (broad SMARTS) is 1. The third-order valence-electron chi connectivity index (χ3n) is 3.46. The largest absolute Gasteiger partial charge is 0.480 e. The molecular formula is C12H13N5O2S2. The second-order valence-electron chi connectivity index (χ2n) is 4.77. The molecule has 21 heavy (non-hydrogen) atoms. The first-order valence-corrected chi connectivity index (χ1v) is 7.02. The first-order valence-electron chi connectivity index (χ1n) is 6.20. The van der Waals surface area contributed by atoms with Gasteiger partial charge in [-0.05, 0) is 36.6 Å². The number of carboxylic acids is 1. The summed E-state index contributed by atoms with van der Waals surface area (Å²) in [5.41, 5.74) is 2.35. The summed E-state index contributed by atoms with van der Waals surface area (Å²) < 4.78 is 2.62. The lowest BCUT2D eigenvalue weighted by atomic mass is 10.0. The summed E-state index contributed by atoms with van der Waals surface area (Å²) in [6.07, 6.45) is 0. The van der Waals surface area contributed by atoms with E-state index in [-0.39, 0.29) is 0 Å². The molecule has 1 aliphatic heterocycles. The summed E-state index contributed by atoms with van der Waals surface area (Å²) in [6, 6.07) is 4.77. The second kappa shape index (κ2) is 5.10. The Labute approximate surface area is 130 Å². The molecule has 110 valence electrons. The zero-order valence-corrected chi connectivity index (χ0v) is 12.7. The van der Waals surface area contributed by atoms with Gasteiger partial charge in [-0.3, -0.25) is 24.9 Å². The maximum atomic E-state index is 11.3. The minimum atomic E-state index is -0.896. The van der Waals surface area contributed by atoms with Gasteiger partial charge < -0.3 is 10.0 Å². The highest BCUT2D eigenvalue weighted by molar-refractivity contribution is 7.72. The van der Waals surface area contributed by atoms with Crippen LogP contribution in [0, 0.1) is 9.54 Å². The van der Waals surface area contributed by atoms with E-state index in [9.17, 15) is 9.90 Å². The zero-order valence-electron chi connectivity index (χ0n) is 11.1. The number of fused-ring (bicyclic) bond motifs is 1. The Morgan fingerprint density at radius 1 is 1.33 bits per heavy atom. The third-order valence-corrected chi connectivity index (χ3v) is 4.03. The fourth-order valence-corrected chi connectivity index (χ4v) is 2.99. The van der Waals surface area contributed by atoms with E-state index in [0.29, 0.717) is 16.2 Å². The van der Waals surface area contributed by atoms with Gasteiger partial charge in [0, 0.05) is 18.3 Å². The average molecular weight is 323 g/mol. The standard InChI is InChI=1S/C12H13N5O2S2/c1-16-5-13-9(10(18)19)7-3-2-6(4-8(7)16)17-11(20)14-15-12(17)21/h2-4,9,13H,5H2,1H3,(H,14,20)(H,15,21)(H,18,19). The molecule has 1 atom stereocenters. The van der Waals surface area contributed by atoms with Crippen LogP contribution in [0.2, 0.25) is 0 Å². The van der Waals surface area contributed by atoms with Gasteiger partial charge in [0.2, 0.25) is 0 Å². The fourth-order valence-electron chi connectivity index (χ4n) is 2.43. The van der Waals surface area contributed by atoms with E-state index in [2.05, 4.69) is 15.5 Å². The van der Waals surface area contributed by atoms with Crippen LogP contribution in [0.3, 0.4) is 0 Å². The van der Waals surface area contributed by atoms with Crippen LogP contribution in [0.4, 0.5) is 5.69 Å². The predicted octanol–water partition coefficient (Wildman–Crippen LogP) is 1.72. The van der Waals surface area contributed by atoms with Crippen LogP contribution in [0.15, 0.2) is 18.2 Å². The molecule has 7 nitrogen and oxygen atoms in total. The highest BCUT2D eigenvalue weighted by Crippen LogP contribution is 2.31. The Bertz CT molecular complexity index is 794. The maximum Gasteiger partial charge on any atom is 0.325 e. The van der Waals surface area contributed by atoms with E-state index >= 15 is 0 Å². The number of aromatic nitrogens is 3. The molecule has 0 bridgehead atoms. The lowest BCUT2D eigenvalue weighted by Crippen LogP contribution is -2.42. The summed E-state index contributed by atoms with van der Waals surface area (Å²) >= 11 is 10.4. The number of aromatic amines is 2. The van der Waals surface area contributed by atoms with E-state index in [1.807, 2.05) is 24.1 Å². The molecule has 0 amide bonds. The van der Waals surface area contributed by atoms with Crippen molar-refractivity contribution in [3.63, 3.8) is 0 Å². The van der Waals surface area contributed by atoms with Crippen LogP contribution in [0.1, 0.15) is 11.6 Å². The smallest absolute Gasteiger partial charge is 0.325 e. The van der Waals surface area contributed by atoms with E-state index in [0.717, 1.165) is 16.9 Å². The van der Waals surface area contributed by atoms with Gasteiger partial charge in [-0.2, -0.15) is 0 Å². The van der Waals surface area contributed by atoms with E-state index in [1.54, 1.807) is 10.6 Å². The van der Waals surface area contributed by atoms with Gasteiger partial charge in [-0.25, -0.2) is 0 Å². The number of nitrogens with zero attached hydrogens (tertiary/aromatic N) is 2. The lowest BCUT2D eigenvalue weighted by Gasteiger charge is -2.32. The Kier molecular flexibility index (Phi) is 3.40. The van der Waals surface area contributed by atoms with Crippen LogP contribution >= 0.6 is 24.4 Å². The van der Waals surface area contributed by atoms with Gasteiger partial charge in [0.25, 0.3) is 0 Å². The van der Waals surface area contributed by atoms with Gasteiger partial charge in [-0.1, -0.05) is 6.07 Å². The van der Waals surface area contributed by atoms with Crippen molar-refractivity contribution in [3.8, 4) is 5.69 Å². The van der Waals surface area contributed by atoms with Crippen LogP contribution in [0.5, 0.6) is 0 Å². The van der Waals surface area contributed by atoms with Gasteiger partial charge in [-0.15, -0.1) is 0 Å². The Hall–Kier alpha value is -1.97.